The van der Waals surface area contributed by atoms with E-state index in [1.807, 2.05) is 20.0 Å². The molecular weight excluding hydrogens is 626 g/mol. The van der Waals surface area contributed by atoms with E-state index in [0.29, 0.717) is 30.5 Å². The molecule has 16 nitrogen and oxygen atoms in total. The summed E-state index contributed by atoms with van der Waals surface area (Å²) in [6, 6.07) is 0.00259. The molecule has 5 rings (SSSR count). The van der Waals surface area contributed by atoms with E-state index < -0.39 is 78.4 Å². The Hall–Kier alpha value is -3.32. The minimum absolute atomic E-state index is 0.00259. The molecule has 0 radical (unpaired) electrons. The van der Waals surface area contributed by atoms with Crippen LogP contribution < -0.4 is 9.47 Å². The van der Waals surface area contributed by atoms with Crippen molar-refractivity contribution >= 4 is 24.5 Å². The van der Waals surface area contributed by atoms with Crippen LogP contribution in [0.2, 0.25) is 0 Å². The molecule has 258 valence electrons. The van der Waals surface area contributed by atoms with Crippen molar-refractivity contribution in [2.45, 2.75) is 99.2 Å². The zero-order valence-corrected chi connectivity index (χ0v) is 25.7. The van der Waals surface area contributed by atoms with Crippen molar-refractivity contribution in [3.63, 3.8) is 0 Å². The molecular formula is C31H39NO15. The molecule has 0 aromatic heterocycles. The number of aliphatic hydroxyl groups is 8. The average molecular weight is 666 g/mol. The zero-order chi connectivity index (χ0) is 34.7. The smallest absolute Gasteiger partial charge is 0.343 e. The molecule has 8 N–H and O–H groups in total. The standard InChI is InChI=1S/C31H39NO15/c1-11-12(2)26(47-30(44)25(42)23(40)21(38)17(36)10-34)27-19-13(11)8-15-14-4-5-18(28(46-27)31(14,19)6-7-32(15)3)45-29(43)24(41)22(39)20(37)16(35)9-33/h4-5,9-10,14-18,20-25,28,35-42H,6-8H2,1-3H3/t14-,15+,16-,17-,18-,20+,21+,22-,23-,24-,25-,28-,31-/m0/s1. The number of likely N-dealkylation sites (tertiary alicyclic amines) is 1. The first-order chi connectivity index (χ1) is 22.1. The fourth-order valence-corrected chi connectivity index (χ4v) is 7.46. The molecule has 1 aromatic carbocycles. The fraction of sp³-hybridized carbons (Fsp3) is 0.613. The summed E-state index contributed by atoms with van der Waals surface area (Å²) in [5.41, 5.74) is 1.99. The Morgan fingerprint density at radius 2 is 1.47 bits per heavy atom. The Balaban J connectivity index is 1.52. The molecule has 1 saturated heterocycles. The van der Waals surface area contributed by atoms with Crippen LogP contribution in [0.4, 0.5) is 0 Å². The number of piperidine rings is 1. The SMILES string of the molecule is Cc1c(C)c(OC(=O)[C@@H](O)[C@@H](O)[C@H](O)[C@@H](O)C=O)c2c3c1C[C@@H]1[C@@H]4C=C[C@H](OC(=O)[C@@H](O)[C@@H](O)[C@H](O)[C@@H](O)C=O)[C@H](O2)[C@]34CCN1C. The molecule has 1 aromatic rings. The number of esters is 2. The van der Waals surface area contributed by atoms with E-state index in [9.17, 15) is 60.0 Å². The maximum Gasteiger partial charge on any atom is 0.343 e. The van der Waals surface area contributed by atoms with Gasteiger partial charge in [-0.05, 0) is 63.0 Å². The van der Waals surface area contributed by atoms with Crippen LogP contribution in [-0.2, 0) is 35.8 Å². The quantitative estimate of drug-likeness (QED) is 0.0456. The maximum absolute atomic E-state index is 13.1. The highest BCUT2D eigenvalue weighted by molar-refractivity contribution is 5.81. The summed E-state index contributed by atoms with van der Waals surface area (Å²) >= 11 is 0. The molecule has 0 saturated carbocycles. The number of rotatable bonds is 12. The molecule has 1 spiro atoms. The molecule has 2 heterocycles. The molecule has 2 aliphatic heterocycles. The number of ether oxygens (including phenoxy) is 3. The highest BCUT2D eigenvalue weighted by Crippen LogP contribution is 2.64. The number of likely N-dealkylation sites (N-methyl/N-ethyl adjacent to an activating group) is 1. The van der Waals surface area contributed by atoms with Crippen LogP contribution in [0.25, 0.3) is 0 Å². The van der Waals surface area contributed by atoms with Gasteiger partial charge >= 0.3 is 11.9 Å². The van der Waals surface area contributed by atoms with E-state index in [-0.39, 0.29) is 36.0 Å². The number of aldehydes is 2. The second-order valence-electron chi connectivity index (χ2n) is 12.7. The van der Waals surface area contributed by atoms with Crippen molar-refractivity contribution in [1.29, 1.82) is 0 Å². The summed E-state index contributed by atoms with van der Waals surface area (Å²) in [7, 11) is 1.99. The number of hydrogen-bond donors (Lipinski definition) is 8. The van der Waals surface area contributed by atoms with Crippen molar-refractivity contribution in [3.05, 3.63) is 34.4 Å². The second-order valence-corrected chi connectivity index (χ2v) is 12.7. The minimum Gasteiger partial charge on any atom is -0.481 e. The summed E-state index contributed by atoms with van der Waals surface area (Å²) < 4.78 is 17.7. The lowest BCUT2D eigenvalue weighted by atomic mass is 9.53. The third kappa shape index (κ3) is 5.47. The highest BCUT2D eigenvalue weighted by Gasteiger charge is 2.66. The largest absolute Gasteiger partial charge is 0.481 e. The van der Waals surface area contributed by atoms with Gasteiger partial charge in [-0.3, -0.25) is 0 Å². The van der Waals surface area contributed by atoms with Crippen LogP contribution >= 0.6 is 0 Å². The van der Waals surface area contributed by atoms with Crippen molar-refractivity contribution in [2.24, 2.45) is 5.92 Å². The van der Waals surface area contributed by atoms with Gasteiger partial charge in [-0.2, -0.15) is 0 Å². The van der Waals surface area contributed by atoms with E-state index in [1.165, 1.54) is 0 Å². The Kier molecular flexibility index (Phi) is 9.64. The average Bonchev–Trinajstić information content (AvgIpc) is 3.41. The van der Waals surface area contributed by atoms with Crippen LogP contribution in [0.3, 0.4) is 0 Å². The van der Waals surface area contributed by atoms with Gasteiger partial charge < -0.3 is 69.6 Å². The van der Waals surface area contributed by atoms with Crippen molar-refractivity contribution in [2.75, 3.05) is 13.6 Å². The van der Waals surface area contributed by atoms with Crippen LogP contribution in [0.1, 0.15) is 28.7 Å². The Bertz CT molecular complexity index is 1460. The second kappa shape index (κ2) is 12.9. The predicted molar refractivity (Wildman–Crippen MR) is 155 cm³/mol. The van der Waals surface area contributed by atoms with Gasteiger partial charge in [-0.1, -0.05) is 6.08 Å². The van der Waals surface area contributed by atoms with Gasteiger partial charge in [0.25, 0.3) is 0 Å². The van der Waals surface area contributed by atoms with Gasteiger partial charge in [0, 0.05) is 22.9 Å². The van der Waals surface area contributed by atoms with Gasteiger partial charge in [0.1, 0.15) is 42.7 Å². The summed E-state index contributed by atoms with van der Waals surface area (Å²) in [6.45, 7) is 4.09. The van der Waals surface area contributed by atoms with Crippen molar-refractivity contribution in [3.8, 4) is 11.5 Å². The highest BCUT2D eigenvalue weighted by atomic mass is 16.6. The number of hydrogen-bond acceptors (Lipinski definition) is 16. The Labute approximate surface area is 268 Å². The third-order valence-electron chi connectivity index (χ3n) is 10.2. The molecule has 0 amide bonds. The van der Waals surface area contributed by atoms with Crippen molar-refractivity contribution < 1.29 is 74.2 Å². The van der Waals surface area contributed by atoms with Crippen LogP contribution in [0, 0.1) is 19.8 Å². The van der Waals surface area contributed by atoms with Gasteiger partial charge in [0.2, 0.25) is 0 Å². The van der Waals surface area contributed by atoms with E-state index in [2.05, 4.69) is 4.90 Å². The molecule has 47 heavy (non-hydrogen) atoms. The normalized spacial score (nSPS) is 30.8. The zero-order valence-electron chi connectivity index (χ0n) is 25.7. The van der Waals surface area contributed by atoms with E-state index in [0.717, 1.165) is 11.1 Å². The number of carbonyl (C=O) groups is 4. The fourth-order valence-electron chi connectivity index (χ4n) is 7.46. The maximum atomic E-state index is 13.1. The Morgan fingerprint density at radius 1 is 0.894 bits per heavy atom. The molecule has 1 fully saturated rings. The summed E-state index contributed by atoms with van der Waals surface area (Å²) in [4.78, 5) is 49.9. The van der Waals surface area contributed by atoms with Crippen molar-refractivity contribution in [1.82, 2.24) is 4.90 Å². The summed E-state index contributed by atoms with van der Waals surface area (Å²) in [5, 5.41) is 80.3. The molecule has 2 aliphatic carbocycles. The topological polar surface area (TPSA) is 261 Å². The lowest BCUT2D eigenvalue weighted by Crippen LogP contribution is -2.65. The number of aliphatic hydroxyl groups excluding tert-OH is 8. The van der Waals surface area contributed by atoms with Crippen LogP contribution in [0.15, 0.2) is 12.2 Å². The number of carbonyl (C=O) groups excluding carboxylic acids is 4. The van der Waals surface area contributed by atoms with Gasteiger partial charge in [0.05, 0.1) is 0 Å². The molecule has 2 bridgehead atoms. The molecule has 0 unspecified atom stereocenters. The Morgan fingerprint density at radius 3 is 2.04 bits per heavy atom. The van der Waals surface area contributed by atoms with Gasteiger partial charge in [0.15, 0.2) is 42.4 Å². The summed E-state index contributed by atoms with van der Waals surface area (Å²) in [5.74, 6) is -2.93. The van der Waals surface area contributed by atoms with Gasteiger partial charge in [-0.15, -0.1) is 0 Å². The molecule has 13 atom stereocenters. The van der Waals surface area contributed by atoms with Gasteiger partial charge in [-0.25, -0.2) is 9.59 Å². The molecule has 16 heteroatoms. The minimum atomic E-state index is -2.37. The summed E-state index contributed by atoms with van der Waals surface area (Å²) in [6.07, 6.45) is -15.5. The van der Waals surface area contributed by atoms with Crippen LogP contribution in [-0.4, -0.2) is 151 Å². The molecule has 4 aliphatic rings. The number of benzene rings is 1. The number of nitrogens with zero attached hydrogens (tertiary/aromatic N) is 1. The van der Waals surface area contributed by atoms with E-state index >= 15 is 0 Å². The third-order valence-corrected chi connectivity index (χ3v) is 10.2. The first kappa shape index (κ1) is 35.0. The van der Waals surface area contributed by atoms with E-state index in [1.54, 1.807) is 13.0 Å². The monoisotopic (exact) mass is 665 g/mol. The van der Waals surface area contributed by atoms with Crippen LogP contribution in [0.5, 0.6) is 11.5 Å². The first-order valence-corrected chi connectivity index (χ1v) is 15.1. The lowest BCUT2D eigenvalue weighted by molar-refractivity contribution is -0.178. The van der Waals surface area contributed by atoms with E-state index in [4.69, 9.17) is 14.2 Å². The predicted octanol–water partition coefficient (Wildman–Crippen LogP) is -4.15. The lowest BCUT2D eigenvalue weighted by Gasteiger charge is -2.57. The first-order valence-electron chi connectivity index (χ1n) is 15.1.